The highest BCUT2D eigenvalue weighted by molar-refractivity contribution is 5.76. The molecule has 1 aliphatic rings. The average Bonchev–Trinajstić information content (AvgIpc) is 2.53. The lowest BCUT2D eigenvalue weighted by Crippen LogP contribution is -2.47. The van der Waals surface area contributed by atoms with Crippen molar-refractivity contribution in [2.45, 2.75) is 59.9 Å². The summed E-state index contributed by atoms with van der Waals surface area (Å²) < 4.78 is 0. The number of likely N-dealkylation sites (tertiary alicyclic amines) is 1. The second-order valence-corrected chi connectivity index (χ2v) is 8.30. The Kier molecular flexibility index (Phi) is 7.20. The molecule has 0 aliphatic carbocycles. The highest BCUT2D eigenvalue weighted by atomic mass is 16.1. The van der Waals surface area contributed by atoms with Crippen molar-refractivity contribution >= 4 is 5.91 Å². The second kappa shape index (κ2) is 9.18. The van der Waals surface area contributed by atoms with Gasteiger partial charge in [-0.15, -0.1) is 0 Å². The van der Waals surface area contributed by atoms with Gasteiger partial charge in [0.25, 0.3) is 5.56 Å². The minimum absolute atomic E-state index is 0.00381. The van der Waals surface area contributed by atoms with Crippen molar-refractivity contribution in [2.75, 3.05) is 19.6 Å². The van der Waals surface area contributed by atoms with E-state index in [9.17, 15) is 9.59 Å². The molecule has 1 saturated heterocycles. The maximum absolute atomic E-state index is 12.4. The van der Waals surface area contributed by atoms with Crippen LogP contribution in [0.3, 0.4) is 0 Å². The van der Waals surface area contributed by atoms with Crippen LogP contribution in [-0.4, -0.2) is 41.5 Å². The van der Waals surface area contributed by atoms with Crippen LogP contribution in [0.2, 0.25) is 0 Å². The Bertz CT molecular complexity index is 768. The normalized spacial score (nSPS) is 21.5. The van der Waals surface area contributed by atoms with Crippen molar-refractivity contribution in [2.24, 2.45) is 11.8 Å². The summed E-state index contributed by atoms with van der Waals surface area (Å²) >= 11 is 0. The molecule has 1 fully saturated rings. The third-order valence-electron chi connectivity index (χ3n) is 5.41. The number of nitrogens with one attached hydrogen (secondary N) is 2. The fourth-order valence-electron chi connectivity index (χ4n) is 4.38. The molecule has 0 saturated carbocycles. The van der Waals surface area contributed by atoms with E-state index in [0.29, 0.717) is 30.2 Å². The summed E-state index contributed by atoms with van der Waals surface area (Å²) in [7, 11) is 0. The summed E-state index contributed by atoms with van der Waals surface area (Å²) in [4.78, 5) is 29.3. The van der Waals surface area contributed by atoms with E-state index in [1.54, 1.807) is 6.92 Å². The van der Waals surface area contributed by atoms with Gasteiger partial charge in [0.15, 0.2) is 0 Å². The molecule has 2 N–H and O–H groups in total. The van der Waals surface area contributed by atoms with E-state index in [0.717, 1.165) is 30.9 Å². The summed E-state index contributed by atoms with van der Waals surface area (Å²) in [6.45, 7) is 13.3. The van der Waals surface area contributed by atoms with E-state index >= 15 is 0 Å². The van der Waals surface area contributed by atoms with Crippen molar-refractivity contribution in [3.63, 3.8) is 0 Å². The molecule has 6 nitrogen and oxygen atoms in total. The number of nitrogens with zero attached hydrogens (tertiary/aromatic N) is 2. The van der Waals surface area contributed by atoms with Crippen molar-refractivity contribution in [1.29, 1.82) is 5.26 Å². The molecule has 148 valence electrons. The maximum atomic E-state index is 12.4. The lowest BCUT2D eigenvalue weighted by atomic mass is 9.92. The van der Waals surface area contributed by atoms with Gasteiger partial charge in [-0.05, 0) is 56.6 Å². The number of piperidine rings is 1. The van der Waals surface area contributed by atoms with Gasteiger partial charge in [0.05, 0.1) is 0 Å². The van der Waals surface area contributed by atoms with E-state index < -0.39 is 0 Å². The minimum atomic E-state index is -0.362. The predicted molar refractivity (Wildman–Crippen MR) is 107 cm³/mol. The van der Waals surface area contributed by atoms with Crippen LogP contribution in [0.15, 0.2) is 4.79 Å². The zero-order valence-electron chi connectivity index (χ0n) is 17.2. The van der Waals surface area contributed by atoms with Gasteiger partial charge in [-0.25, -0.2) is 0 Å². The zero-order valence-corrected chi connectivity index (χ0v) is 17.2. The number of nitriles is 1. The van der Waals surface area contributed by atoms with E-state index in [4.69, 9.17) is 5.26 Å². The van der Waals surface area contributed by atoms with E-state index in [1.807, 2.05) is 19.9 Å². The zero-order chi connectivity index (χ0) is 20.1. The van der Waals surface area contributed by atoms with Crippen LogP contribution in [0.4, 0.5) is 0 Å². The molecule has 27 heavy (non-hydrogen) atoms. The lowest BCUT2D eigenvalue weighted by molar-refractivity contribution is -0.121. The number of H-pyrrole nitrogens is 1. The van der Waals surface area contributed by atoms with Gasteiger partial charge in [0.1, 0.15) is 11.6 Å². The van der Waals surface area contributed by atoms with Crippen molar-refractivity contribution in [3.05, 3.63) is 32.7 Å². The number of carbonyl (C=O) groups excluding carboxylic acids is 1. The summed E-state index contributed by atoms with van der Waals surface area (Å²) in [6, 6.07) is 2.05. The Morgan fingerprint density at radius 2 is 1.96 bits per heavy atom. The van der Waals surface area contributed by atoms with E-state index in [2.05, 4.69) is 29.0 Å². The van der Waals surface area contributed by atoms with Gasteiger partial charge in [-0.1, -0.05) is 13.8 Å². The minimum Gasteiger partial charge on any atom is -0.352 e. The molecule has 2 heterocycles. The monoisotopic (exact) mass is 372 g/mol. The van der Waals surface area contributed by atoms with Gasteiger partial charge >= 0.3 is 0 Å². The van der Waals surface area contributed by atoms with Crippen LogP contribution in [-0.2, 0) is 11.2 Å². The topological polar surface area (TPSA) is 89.0 Å². The molecule has 2 rings (SSSR count). The molecule has 1 aromatic rings. The number of hydrogen-bond donors (Lipinski definition) is 2. The highest BCUT2D eigenvalue weighted by Crippen LogP contribution is 2.21. The molecule has 0 bridgehead atoms. The number of amides is 1. The molecule has 6 heteroatoms. The first-order valence-electron chi connectivity index (χ1n) is 9.85. The SMILES string of the molecule is Cc1[nH]c(=O)c(C#N)c(C)c1CCC(=O)NC(C)CN1CC(C)CC(C)C1. The van der Waals surface area contributed by atoms with Crippen LogP contribution >= 0.6 is 0 Å². The number of pyridine rings is 1. The van der Waals surface area contributed by atoms with Gasteiger partial charge in [0.2, 0.25) is 5.91 Å². The fraction of sp³-hybridized carbons (Fsp3) is 0.667. The van der Waals surface area contributed by atoms with E-state index in [-0.39, 0.29) is 23.1 Å². The van der Waals surface area contributed by atoms with Crippen molar-refractivity contribution in [3.8, 4) is 6.07 Å². The molecule has 3 atom stereocenters. The Morgan fingerprint density at radius 1 is 1.33 bits per heavy atom. The molecule has 1 aliphatic heterocycles. The Morgan fingerprint density at radius 3 is 2.56 bits per heavy atom. The van der Waals surface area contributed by atoms with Gasteiger partial charge in [0, 0.05) is 37.8 Å². The van der Waals surface area contributed by atoms with Gasteiger partial charge in [-0.2, -0.15) is 5.26 Å². The number of carbonyl (C=O) groups is 1. The van der Waals surface area contributed by atoms with Gasteiger partial charge < -0.3 is 15.2 Å². The molecule has 1 amide bonds. The second-order valence-electron chi connectivity index (χ2n) is 8.30. The third-order valence-corrected chi connectivity index (χ3v) is 5.41. The first-order chi connectivity index (χ1) is 12.7. The third kappa shape index (κ3) is 5.67. The summed E-state index contributed by atoms with van der Waals surface area (Å²) in [5, 5.41) is 12.2. The predicted octanol–water partition coefficient (Wildman–Crippen LogP) is 2.28. The summed E-state index contributed by atoms with van der Waals surface area (Å²) in [5.41, 5.74) is 2.06. The highest BCUT2D eigenvalue weighted by Gasteiger charge is 2.23. The van der Waals surface area contributed by atoms with Crippen molar-refractivity contribution in [1.82, 2.24) is 15.2 Å². The van der Waals surface area contributed by atoms with Crippen LogP contribution < -0.4 is 10.9 Å². The van der Waals surface area contributed by atoms with Crippen LogP contribution in [0.5, 0.6) is 0 Å². The first-order valence-corrected chi connectivity index (χ1v) is 9.85. The number of rotatable bonds is 6. The molecule has 0 aromatic carbocycles. The Balaban J connectivity index is 1.89. The molecular weight excluding hydrogens is 340 g/mol. The molecule has 1 aromatic heterocycles. The smallest absolute Gasteiger partial charge is 0.266 e. The fourth-order valence-corrected chi connectivity index (χ4v) is 4.38. The van der Waals surface area contributed by atoms with Gasteiger partial charge in [-0.3, -0.25) is 9.59 Å². The van der Waals surface area contributed by atoms with Crippen LogP contribution in [0.25, 0.3) is 0 Å². The Labute approximate surface area is 162 Å². The van der Waals surface area contributed by atoms with Crippen LogP contribution in [0.1, 0.15) is 56.0 Å². The standard InChI is InChI=1S/C21H32N4O2/c1-13-8-14(2)11-25(10-13)12-15(3)23-20(26)7-6-18-16(4)19(9-22)21(27)24-17(18)5/h13-15H,6-8,10-12H2,1-5H3,(H,23,26)(H,24,27). The number of aromatic amines is 1. The van der Waals surface area contributed by atoms with E-state index in [1.165, 1.54) is 6.42 Å². The maximum Gasteiger partial charge on any atom is 0.266 e. The summed E-state index contributed by atoms with van der Waals surface area (Å²) in [5.74, 6) is 1.42. The van der Waals surface area contributed by atoms with Crippen LogP contribution in [0, 0.1) is 37.0 Å². The molecule has 0 spiro atoms. The average molecular weight is 373 g/mol. The number of aromatic nitrogens is 1. The largest absolute Gasteiger partial charge is 0.352 e. The molecular formula is C21H32N4O2. The van der Waals surface area contributed by atoms with Crippen molar-refractivity contribution < 1.29 is 4.79 Å². The Hall–Kier alpha value is -2.13. The number of hydrogen-bond acceptors (Lipinski definition) is 4. The number of aryl methyl sites for hydroxylation is 1. The first kappa shape index (κ1) is 21.2. The molecule has 3 unspecified atom stereocenters. The quantitative estimate of drug-likeness (QED) is 0.802. The molecule has 0 radical (unpaired) electrons. The lowest BCUT2D eigenvalue weighted by Gasteiger charge is -2.36. The summed E-state index contributed by atoms with van der Waals surface area (Å²) in [6.07, 6.45) is 2.13.